The van der Waals surface area contributed by atoms with Gasteiger partial charge in [0.25, 0.3) is 5.91 Å². The number of piperazine rings is 1. The van der Waals surface area contributed by atoms with Gasteiger partial charge in [-0.15, -0.1) is 0 Å². The van der Waals surface area contributed by atoms with Crippen LogP contribution in [0.15, 0.2) is 24.3 Å². The van der Waals surface area contributed by atoms with Gasteiger partial charge < -0.3 is 9.64 Å². The Morgan fingerprint density at radius 3 is 2.64 bits per heavy atom. The predicted molar refractivity (Wildman–Crippen MR) is 102 cm³/mol. The van der Waals surface area contributed by atoms with Gasteiger partial charge in [0.2, 0.25) is 0 Å². The van der Waals surface area contributed by atoms with Crippen molar-refractivity contribution in [1.29, 1.82) is 0 Å². The highest BCUT2D eigenvalue weighted by Gasteiger charge is 2.27. The van der Waals surface area contributed by atoms with Gasteiger partial charge in [-0.2, -0.15) is 0 Å². The maximum Gasteiger partial charge on any atom is 0.259 e. The molecule has 1 fully saturated rings. The van der Waals surface area contributed by atoms with E-state index in [4.69, 9.17) is 4.74 Å². The molecule has 1 amide bonds. The Balaban J connectivity index is 1.99. The highest BCUT2D eigenvalue weighted by molar-refractivity contribution is 5.77. The SMILES string of the molecule is CC[C@H]1CN(Cc2ccccc2OCC(=O)N(C)C)CCN1C(C)C. The summed E-state index contributed by atoms with van der Waals surface area (Å²) in [6.45, 7) is 11.1. The van der Waals surface area contributed by atoms with E-state index in [9.17, 15) is 4.79 Å². The van der Waals surface area contributed by atoms with Gasteiger partial charge in [0.05, 0.1) is 0 Å². The van der Waals surface area contributed by atoms with E-state index in [-0.39, 0.29) is 12.5 Å². The maximum atomic E-state index is 11.8. The lowest BCUT2D eigenvalue weighted by atomic mass is 10.1. The normalized spacial score (nSPS) is 19.2. The van der Waals surface area contributed by atoms with Crippen LogP contribution in [0.1, 0.15) is 32.8 Å². The summed E-state index contributed by atoms with van der Waals surface area (Å²) in [7, 11) is 3.49. The molecule has 5 nitrogen and oxygen atoms in total. The van der Waals surface area contributed by atoms with Crippen LogP contribution in [-0.4, -0.2) is 73.0 Å². The van der Waals surface area contributed by atoms with Gasteiger partial charge >= 0.3 is 0 Å². The summed E-state index contributed by atoms with van der Waals surface area (Å²) in [5, 5.41) is 0. The molecular weight excluding hydrogens is 314 g/mol. The van der Waals surface area contributed by atoms with Crippen molar-refractivity contribution in [3.8, 4) is 5.75 Å². The minimum Gasteiger partial charge on any atom is -0.483 e. The van der Waals surface area contributed by atoms with Crippen molar-refractivity contribution in [2.24, 2.45) is 0 Å². The molecule has 0 aliphatic carbocycles. The first-order chi connectivity index (χ1) is 11.9. The Morgan fingerprint density at radius 2 is 2.00 bits per heavy atom. The number of hydrogen-bond acceptors (Lipinski definition) is 4. The van der Waals surface area contributed by atoms with Crippen LogP contribution >= 0.6 is 0 Å². The van der Waals surface area contributed by atoms with Crippen molar-refractivity contribution in [1.82, 2.24) is 14.7 Å². The molecule has 0 spiro atoms. The second kappa shape index (κ2) is 9.20. The van der Waals surface area contributed by atoms with Crippen LogP contribution in [0.4, 0.5) is 0 Å². The largest absolute Gasteiger partial charge is 0.483 e. The maximum absolute atomic E-state index is 11.8. The first-order valence-electron chi connectivity index (χ1n) is 9.31. The summed E-state index contributed by atoms with van der Waals surface area (Å²) in [6, 6.07) is 9.27. The van der Waals surface area contributed by atoms with E-state index in [0.29, 0.717) is 12.1 Å². The lowest BCUT2D eigenvalue weighted by molar-refractivity contribution is -0.130. The van der Waals surface area contributed by atoms with Crippen LogP contribution in [0.3, 0.4) is 0 Å². The van der Waals surface area contributed by atoms with Crippen LogP contribution in [0.5, 0.6) is 5.75 Å². The Bertz CT molecular complexity index is 560. The number of carbonyl (C=O) groups is 1. The molecule has 1 aliphatic rings. The molecule has 0 N–H and O–H groups in total. The van der Waals surface area contributed by atoms with Crippen LogP contribution < -0.4 is 4.74 Å². The van der Waals surface area contributed by atoms with E-state index in [1.807, 2.05) is 18.2 Å². The molecule has 0 aromatic heterocycles. The fourth-order valence-corrected chi connectivity index (χ4v) is 3.41. The van der Waals surface area contributed by atoms with E-state index >= 15 is 0 Å². The topological polar surface area (TPSA) is 36.0 Å². The van der Waals surface area contributed by atoms with Crippen LogP contribution in [0.25, 0.3) is 0 Å². The van der Waals surface area contributed by atoms with Crippen molar-refractivity contribution in [2.75, 3.05) is 40.3 Å². The van der Waals surface area contributed by atoms with E-state index in [1.54, 1.807) is 19.0 Å². The molecule has 25 heavy (non-hydrogen) atoms. The number of amides is 1. The van der Waals surface area contributed by atoms with Crippen molar-refractivity contribution in [3.05, 3.63) is 29.8 Å². The van der Waals surface area contributed by atoms with Crippen LogP contribution in [-0.2, 0) is 11.3 Å². The lowest BCUT2D eigenvalue weighted by Gasteiger charge is -2.43. The third-order valence-electron chi connectivity index (χ3n) is 4.96. The summed E-state index contributed by atoms with van der Waals surface area (Å²) >= 11 is 0. The highest BCUT2D eigenvalue weighted by atomic mass is 16.5. The number of para-hydroxylation sites is 1. The first-order valence-corrected chi connectivity index (χ1v) is 9.31. The van der Waals surface area contributed by atoms with Crippen molar-refractivity contribution in [2.45, 2.75) is 45.8 Å². The van der Waals surface area contributed by atoms with E-state index in [1.165, 1.54) is 6.42 Å². The molecule has 0 radical (unpaired) electrons. The molecule has 1 aromatic rings. The molecule has 0 saturated carbocycles. The van der Waals surface area contributed by atoms with Gasteiger partial charge in [0.15, 0.2) is 6.61 Å². The predicted octanol–water partition coefficient (Wildman–Crippen LogP) is 2.46. The van der Waals surface area contributed by atoms with Gasteiger partial charge in [0, 0.05) is 57.9 Å². The summed E-state index contributed by atoms with van der Waals surface area (Å²) in [5.41, 5.74) is 1.15. The Labute approximate surface area is 152 Å². The second-order valence-electron chi connectivity index (χ2n) is 7.31. The number of ether oxygens (including phenoxy) is 1. The smallest absolute Gasteiger partial charge is 0.259 e. The number of likely N-dealkylation sites (N-methyl/N-ethyl adjacent to an activating group) is 1. The zero-order valence-electron chi connectivity index (χ0n) is 16.4. The number of rotatable bonds is 7. The molecular formula is C20H33N3O2. The minimum atomic E-state index is -0.0219. The molecule has 2 rings (SSSR count). The lowest BCUT2D eigenvalue weighted by Crippen LogP contribution is -2.54. The standard InChI is InChI=1S/C20H33N3O2/c1-6-18-14-22(11-12-23(18)16(2)3)13-17-9-7-8-10-19(17)25-15-20(24)21(4)5/h7-10,16,18H,6,11-15H2,1-5H3/t18-/m0/s1. The average molecular weight is 348 g/mol. The monoisotopic (exact) mass is 347 g/mol. The minimum absolute atomic E-state index is 0.0219. The molecule has 0 unspecified atom stereocenters. The zero-order chi connectivity index (χ0) is 18.4. The van der Waals surface area contributed by atoms with Gasteiger partial charge in [-0.1, -0.05) is 25.1 Å². The van der Waals surface area contributed by atoms with Gasteiger partial charge in [-0.25, -0.2) is 0 Å². The molecule has 0 bridgehead atoms. The third kappa shape index (κ3) is 5.44. The molecule has 1 aliphatic heterocycles. The number of nitrogens with zero attached hydrogens (tertiary/aromatic N) is 3. The van der Waals surface area contributed by atoms with Gasteiger partial charge in [-0.3, -0.25) is 14.6 Å². The Morgan fingerprint density at radius 1 is 1.28 bits per heavy atom. The molecule has 1 aromatic carbocycles. The van der Waals surface area contributed by atoms with E-state index in [0.717, 1.165) is 37.5 Å². The summed E-state index contributed by atoms with van der Waals surface area (Å²) in [5.74, 6) is 0.795. The van der Waals surface area contributed by atoms with Crippen molar-refractivity contribution in [3.63, 3.8) is 0 Å². The fraction of sp³-hybridized carbons (Fsp3) is 0.650. The quantitative estimate of drug-likeness (QED) is 0.759. The van der Waals surface area contributed by atoms with E-state index < -0.39 is 0 Å². The molecule has 140 valence electrons. The van der Waals surface area contributed by atoms with Gasteiger partial charge in [0.1, 0.15) is 5.75 Å². The Kier molecular flexibility index (Phi) is 7.26. The van der Waals surface area contributed by atoms with Crippen LogP contribution in [0.2, 0.25) is 0 Å². The molecule has 1 atom stereocenters. The Hall–Kier alpha value is -1.59. The summed E-state index contributed by atoms with van der Waals surface area (Å²) in [4.78, 5) is 18.4. The molecule has 1 saturated heterocycles. The summed E-state index contributed by atoms with van der Waals surface area (Å²) in [6.07, 6.45) is 1.17. The molecule has 1 heterocycles. The van der Waals surface area contributed by atoms with Crippen molar-refractivity contribution >= 4 is 5.91 Å². The van der Waals surface area contributed by atoms with Gasteiger partial charge in [-0.05, 0) is 26.3 Å². The second-order valence-corrected chi connectivity index (χ2v) is 7.31. The fourth-order valence-electron chi connectivity index (χ4n) is 3.41. The van der Waals surface area contributed by atoms with Crippen molar-refractivity contribution < 1.29 is 9.53 Å². The number of carbonyl (C=O) groups excluding carboxylic acids is 1. The number of hydrogen-bond donors (Lipinski definition) is 0. The number of benzene rings is 1. The zero-order valence-corrected chi connectivity index (χ0v) is 16.4. The highest BCUT2D eigenvalue weighted by Crippen LogP contribution is 2.23. The third-order valence-corrected chi connectivity index (χ3v) is 4.96. The van der Waals surface area contributed by atoms with E-state index in [2.05, 4.69) is 36.6 Å². The average Bonchev–Trinajstić information content (AvgIpc) is 2.60. The van der Waals surface area contributed by atoms with Crippen LogP contribution in [0, 0.1) is 0 Å². The first kappa shape index (κ1) is 19.7. The molecule has 5 heteroatoms. The summed E-state index contributed by atoms with van der Waals surface area (Å²) < 4.78 is 5.79.